The van der Waals surface area contributed by atoms with Crippen LogP contribution in [0.3, 0.4) is 0 Å². The largest absolute Gasteiger partial charge is 0.328 e. The number of nitrogens with two attached hydrogens (primary N) is 2. The number of nitrogens with one attached hydrogen (secondary N) is 1. The third-order valence-electron chi connectivity index (χ3n) is 4.31. The van der Waals surface area contributed by atoms with Crippen LogP contribution in [0, 0.1) is 19.8 Å². The number of sulfonamides is 1. The van der Waals surface area contributed by atoms with Crippen molar-refractivity contribution in [3.8, 4) is 0 Å². The van der Waals surface area contributed by atoms with E-state index in [-0.39, 0.29) is 22.8 Å². The minimum Gasteiger partial charge on any atom is -0.328 e. The fourth-order valence-corrected chi connectivity index (χ4v) is 3.44. The molecule has 1 aliphatic rings. The van der Waals surface area contributed by atoms with Crippen molar-refractivity contribution in [2.45, 2.75) is 50.5 Å². The van der Waals surface area contributed by atoms with Gasteiger partial charge in [0.05, 0.1) is 4.90 Å². The highest BCUT2D eigenvalue weighted by molar-refractivity contribution is 7.89. The second-order valence-electron chi connectivity index (χ2n) is 6.07. The van der Waals surface area contributed by atoms with Gasteiger partial charge in [-0.25, -0.2) is 13.6 Å². The SMILES string of the molecule is Cc1cc(S(N)(=O)=O)cc(NC(=O)C2CCCC(N)C2)c1C. The molecule has 2 rings (SSSR count). The number of hydrogen-bond donors (Lipinski definition) is 3. The van der Waals surface area contributed by atoms with E-state index >= 15 is 0 Å². The number of anilines is 1. The monoisotopic (exact) mass is 325 g/mol. The number of amides is 1. The predicted octanol–water partition coefficient (Wildman–Crippen LogP) is 1.41. The smallest absolute Gasteiger partial charge is 0.238 e. The Bertz CT molecular complexity index is 686. The minimum atomic E-state index is -3.81. The predicted molar refractivity (Wildman–Crippen MR) is 85.9 cm³/mol. The minimum absolute atomic E-state index is 0.00578. The van der Waals surface area contributed by atoms with Crippen LogP contribution >= 0.6 is 0 Å². The molecule has 0 aromatic heterocycles. The summed E-state index contributed by atoms with van der Waals surface area (Å²) >= 11 is 0. The molecule has 0 radical (unpaired) electrons. The molecule has 0 bridgehead atoms. The van der Waals surface area contributed by atoms with Crippen molar-refractivity contribution < 1.29 is 13.2 Å². The van der Waals surface area contributed by atoms with Crippen LogP contribution in [0.15, 0.2) is 17.0 Å². The fraction of sp³-hybridized carbons (Fsp3) is 0.533. The Hall–Kier alpha value is -1.44. The molecule has 0 heterocycles. The van der Waals surface area contributed by atoms with E-state index in [1.54, 1.807) is 6.92 Å². The third-order valence-corrected chi connectivity index (χ3v) is 5.21. The standard InChI is InChI=1S/C15H23N3O3S/c1-9-6-13(22(17,20)21)8-14(10(9)2)18-15(19)11-4-3-5-12(16)7-11/h6,8,11-12H,3-5,7,16H2,1-2H3,(H,18,19)(H2,17,20,21). The molecule has 1 amide bonds. The Balaban J connectivity index is 2.25. The molecule has 122 valence electrons. The lowest BCUT2D eigenvalue weighted by molar-refractivity contribution is -0.120. The molecule has 5 N–H and O–H groups in total. The van der Waals surface area contributed by atoms with Crippen molar-refractivity contribution in [2.75, 3.05) is 5.32 Å². The Morgan fingerprint density at radius 2 is 1.95 bits per heavy atom. The maximum Gasteiger partial charge on any atom is 0.238 e. The number of benzene rings is 1. The van der Waals surface area contributed by atoms with Gasteiger partial charge < -0.3 is 11.1 Å². The second-order valence-corrected chi connectivity index (χ2v) is 7.63. The lowest BCUT2D eigenvalue weighted by Crippen LogP contribution is -2.34. The van der Waals surface area contributed by atoms with E-state index in [2.05, 4.69) is 5.32 Å². The van der Waals surface area contributed by atoms with E-state index in [1.165, 1.54) is 12.1 Å². The third kappa shape index (κ3) is 3.85. The number of carbonyl (C=O) groups excluding carboxylic acids is 1. The summed E-state index contributed by atoms with van der Waals surface area (Å²) in [5.41, 5.74) is 8.01. The molecule has 1 aromatic carbocycles. The van der Waals surface area contributed by atoms with E-state index in [4.69, 9.17) is 10.9 Å². The van der Waals surface area contributed by atoms with Gasteiger partial charge in [0.25, 0.3) is 0 Å². The van der Waals surface area contributed by atoms with Crippen molar-refractivity contribution in [1.29, 1.82) is 0 Å². The first-order chi connectivity index (χ1) is 10.2. The Labute approximate surface area is 131 Å². The molecule has 2 unspecified atom stereocenters. The van der Waals surface area contributed by atoms with Crippen molar-refractivity contribution in [1.82, 2.24) is 0 Å². The van der Waals surface area contributed by atoms with Gasteiger partial charge >= 0.3 is 0 Å². The molecule has 1 aliphatic carbocycles. The van der Waals surface area contributed by atoms with Gasteiger partial charge in [-0.1, -0.05) is 6.42 Å². The lowest BCUT2D eigenvalue weighted by atomic mass is 9.85. The molecular weight excluding hydrogens is 302 g/mol. The van der Waals surface area contributed by atoms with Gasteiger partial charge in [0, 0.05) is 17.6 Å². The molecular formula is C15H23N3O3S. The Morgan fingerprint density at radius 3 is 2.55 bits per heavy atom. The average Bonchev–Trinajstić information content (AvgIpc) is 2.42. The van der Waals surface area contributed by atoms with Crippen LogP contribution in [-0.2, 0) is 14.8 Å². The fourth-order valence-electron chi connectivity index (χ4n) is 2.82. The lowest BCUT2D eigenvalue weighted by Gasteiger charge is -2.26. The summed E-state index contributed by atoms with van der Waals surface area (Å²) in [5.74, 6) is -0.231. The van der Waals surface area contributed by atoms with Gasteiger partial charge in [0.15, 0.2) is 0 Å². The molecule has 1 fully saturated rings. The zero-order valence-corrected chi connectivity index (χ0v) is 13.7. The van der Waals surface area contributed by atoms with Crippen LogP contribution in [0.4, 0.5) is 5.69 Å². The topological polar surface area (TPSA) is 115 Å². The molecule has 2 atom stereocenters. The Morgan fingerprint density at radius 1 is 1.27 bits per heavy atom. The van der Waals surface area contributed by atoms with Crippen molar-refractivity contribution in [3.63, 3.8) is 0 Å². The van der Waals surface area contributed by atoms with Crippen LogP contribution in [0.5, 0.6) is 0 Å². The molecule has 7 heteroatoms. The molecule has 1 aromatic rings. The average molecular weight is 325 g/mol. The summed E-state index contributed by atoms with van der Waals surface area (Å²) in [6.45, 7) is 3.63. The summed E-state index contributed by atoms with van der Waals surface area (Å²) in [6.07, 6.45) is 3.36. The number of hydrogen-bond acceptors (Lipinski definition) is 4. The van der Waals surface area contributed by atoms with E-state index in [0.717, 1.165) is 30.4 Å². The number of aryl methyl sites for hydroxylation is 1. The van der Waals surface area contributed by atoms with E-state index in [0.29, 0.717) is 12.1 Å². The summed E-state index contributed by atoms with van der Waals surface area (Å²) in [4.78, 5) is 12.4. The molecule has 0 aliphatic heterocycles. The normalized spacial score (nSPS) is 22.4. The molecule has 22 heavy (non-hydrogen) atoms. The quantitative estimate of drug-likeness (QED) is 0.779. The van der Waals surface area contributed by atoms with Crippen LogP contribution in [0.25, 0.3) is 0 Å². The molecule has 1 saturated carbocycles. The van der Waals surface area contributed by atoms with E-state index < -0.39 is 10.0 Å². The van der Waals surface area contributed by atoms with Gasteiger partial charge in [0.1, 0.15) is 0 Å². The Kier molecular flexibility index (Phi) is 4.89. The van der Waals surface area contributed by atoms with Gasteiger partial charge in [0.2, 0.25) is 15.9 Å². The number of carbonyl (C=O) groups is 1. The zero-order valence-electron chi connectivity index (χ0n) is 12.9. The van der Waals surface area contributed by atoms with Gasteiger partial charge in [-0.3, -0.25) is 4.79 Å². The molecule has 0 spiro atoms. The summed E-state index contributed by atoms with van der Waals surface area (Å²) in [6, 6.07) is 2.98. The first kappa shape index (κ1) is 16.9. The zero-order chi connectivity index (χ0) is 16.5. The number of primary sulfonamides is 1. The maximum atomic E-state index is 12.4. The molecule has 0 saturated heterocycles. The highest BCUT2D eigenvalue weighted by Gasteiger charge is 2.26. The maximum absolute atomic E-state index is 12.4. The summed E-state index contributed by atoms with van der Waals surface area (Å²) < 4.78 is 23.1. The second kappa shape index (κ2) is 6.36. The van der Waals surface area contributed by atoms with Gasteiger partial charge in [-0.05, 0) is 56.4 Å². The van der Waals surface area contributed by atoms with Crippen molar-refractivity contribution in [2.24, 2.45) is 16.8 Å². The van der Waals surface area contributed by atoms with E-state index in [9.17, 15) is 13.2 Å². The highest BCUT2D eigenvalue weighted by atomic mass is 32.2. The van der Waals surface area contributed by atoms with Crippen molar-refractivity contribution in [3.05, 3.63) is 23.3 Å². The highest BCUT2D eigenvalue weighted by Crippen LogP contribution is 2.27. The summed E-state index contributed by atoms with van der Waals surface area (Å²) in [7, 11) is -3.81. The van der Waals surface area contributed by atoms with E-state index in [1.807, 2.05) is 6.92 Å². The van der Waals surface area contributed by atoms with Crippen LogP contribution in [0.2, 0.25) is 0 Å². The number of rotatable bonds is 3. The van der Waals surface area contributed by atoms with Crippen LogP contribution in [0.1, 0.15) is 36.8 Å². The molecule has 6 nitrogen and oxygen atoms in total. The van der Waals surface area contributed by atoms with Crippen LogP contribution < -0.4 is 16.2 Å². The van der Waals surface area contributed by atoms with Crippen LogP contribution in [-0.4, -0.2) is 20.4 Å². The first-order valence-electron chi connectivity index (χ1n) is 7.39. The van der Waals surface area contributed by atoms with Gasteiger partial charge in [-0.15, -0.1) is 0 Å². The van der Waals surface area contributed by atoms with Crippen molar-refractivity contribution >= 4 is 21.6 Å². The van der Waals surface area contributed by atoms with Gasteiger partial charge in [-0.2, -0.15) is 0 Å². The first-order valence-corrected chi connectivity index (χ1v) is 8.93. The summed E-state index contributed by atoms with van der Waals surface area (Å²) in [5, 5.41) is 8.02.